The van der Waals surface area contributed by atoms with Crippen LogP contribution in [0.3, 0.4) is 0 Å². The van der Waals surface area contributed by atoms with Crippen LogP contribution in [0.25, 0.3) is 0 Å². The Morgan fingerprint density at radius 1 is 1.03 bits per heavy atom. The van der Waals surface area contributed by atoms with E-state index in [1.54, 1.807) is 12.4 Å². The van der Waals surface area contributed by atoms with Crippen molar-refractivity contribution in [3.05, 3.63) is 51.2 Å². The minimum absolute atomic E-state index is 0.0355. The molecule has 5 rings (SSSR count). The number of likely N-dealkylation sites (tertiary alicyclic amines) is 1. The molecule has 1 N–H and O–H groups in total. The van der Waals surface area contributed by atoms with Crippen LogP contribution in [0, 0.1) is 5.92 Å². The Kier molecular flexibility index (Phi) is 5.38. The molecule has 0 bridgehead atoms. The van der Waals surface area contributed by atoms with Gasteiger partial charge in [0.2, 0.25) is 5.91 Å². The normalized spacial score (nSPS) is 21.2. The molecule has 1 saturated heterocycles. The van der Waals surface area contributed by atoms with Crippen molar-refractivity contribution in [2.75, 3.05) is 19.6 Å². The van der Waals surface area contributed by atoms with E-state index in [9.17, 15) is 14.4 Å². The fourth-order valence-corrected chi connectivity index (χ4v) is 5.25. The van der Waals surface area contributed by atoms with Gasteiger partial charge in [0.25, 0.3) is 11.5 Å². The van der Waals surface area contributed by atoms with Crippen molar-refractivity contribution >= 4 is 11.8 Å². The van der Waals surface area contributed by atoms with Crippen molar-refractivity contribution in [3.63, 3.8) is 0 Å². The molecule has 0 spiro atoms. The van der Waals surface area contributed by atoms with E-state index in [2.05, 4.69) is 10.1 Å². The highest BCUT2D eigenvalue weighted by Gasteiger charge is 2.33. The molecule has 2 aromatic heterocycles. The number of aryl methyl sites for hydroxylation is 1. The summed E-state index contributed by atoms with van der Waals surface area (Å²) >= 11 is 0. The third kappa shape index (κ3) is 3.79. The lowest BCUT2D eigenvalue weighted by Gasteiger charge is -2.34. The number of amides is 2. The number of hydrogen-bond acceptors (Lipinski definition) is 4. The molecule has 3 aliphatic rings. The number of carbonyl (C=O) groups excluding carboxylic acids is 2. The third-order valence-corrected chi connectivity index (χ3v) is 7.00. The Morgan fingerprint density at radius 3 is 2.65 bits per heavy atom. The maximum atomic E-state index is 13.2. The van der Waals surface area contributed by atoms with Gasteiger partial charge in [-0.25, -0.2) is 0 Å². The molecule has 0 aliphatic carbocycles. The summed E-state index contributed by atoms with van der Waals surface area (Å²) in [5.74, 6) is -0.0308. The van der Waals surface area contributed by atoms with Crippen LogP contribution in [-0.2, 0) is 30.7 Å². The summed E-state index contributed by atoms with van der Waals surface area (Å²) in [7, 11) is 0. The van der Waals surface area contributed by atoms with Crippen molar-refractivity contribution in [3.8, 4) is 0 Å². The largest absolute Gasteiger partial charge is 0.338 e. The van der Waals surface area contributed by atoms with E-state index < -0.39 is 0 Å². The van der Waals surface area contributed by atoms with Gasteiger partial charge < -0.3 is 14.8 Å². The second-order valence-electron chi connectivity index (χ2n) is 8.95. The number of fused-ring (bicyclic) bond motifs is 2. The molecule has 3 aliphatic heterocycles. The zero-order chi connectivity index (χ0) is 21.4. The summed E-state index contributed by atoms with van der Waals surface area (Å²) in [6, 6.07) is 1.98. The Hall–Kier alpha value is -2.90. The first-order valence-electron chi connectivity index (χ1n) is 11.4. The van der Waals surface area contributed by atoms with Crippen LogP contribution in [0.4, 0.5) is 0 Å². The summed E-state index contributed by atoms with van der Waals surface area (Å²) in [4.78, 5) is 45.5. The highest BCUT2D eigenvalue weighted by atomic mass is 16.2. The van der Waals surface area contributed by atoms with Crippen molar-refractivity contribution in [1.29, 1.82) is 0 Å². The molecule has 2 aromatic rings. The number of rotatable bonds is 2. The molecule has 8 nitrogen and oxygen atoms in total. The van der Waals surface area contributed by atoms with E-state index in [1.165, 1.54) is 0 Å². The van der Waals surface area contributed by atoms with Crippen LogP contribution in [-0.4, -0.2) is 56.0 Å². The monoisotopic (exact) mass is 423 g/mol. The van der Waals surface area contributed by atoms with Crippen LogP contribution < -0.4 is 5.56 Å². The predicted octanol–water partition coefficient (Wildman–Crippen LogP) is 1.73. The molecule has 164 valence electrons. The van der Waals surface area contributed by atoms with Crippen molar-refractivity contribution in [2.45, 2.75) is 58.0 Å². The molecule has 2 amide bonds. The van der Waals surface area contributed by atoms with Gasteiger partial charge in [-0.2, -0.15) is 5.10 Å². The van der Waals surface area contributed by atoms with Gasteiger partial charge in [-0.3, -0.25) is 19.1 Å². The number of aromatic nitrogens is 3. The number of aromatic amines is 1. The van der Waals surface area contributed by atoms with Gasteiger partial charge in [0, 0.05) is 63.2 Å². The summed E-state index contributed by atoms with van der Waals surface area (Å²) in [6.07, 6.45) is 9.77. The van der Waals surface area contributed by atoms with E-state index in [-0.39, 0.29) is 28.9 Å². The number of pyridine rings is 1. The zero-order valence-electron chi connectivity index (χ0n) is 17.8. The lowest BCUT2D eigenvalue weighted by atomic mass is 9.91. The van der Waals surface area contributed by atoms with Gasteiger partial charge in [-0.05, 0) is 42.9 Å². The number of carbonyl (C=O) groups is 2. The number of H-pyrrole nitrogens is 1. The van der Waals surface area contributed by atoms with E-state index in [0.717, 1.165) is 55.5 Å². The van der Waals surface area contributed by atoms with Crippen molar-refractivity contribution in [1.82, 2.24) is 24.6 Å². The summed E-state index contributed by atoms with van der Waals surface area (Å²) in [5.41, 5.74) is 2.79. The van der Waals surface area contributed by atoms with Gasteiger partial charge in [0.1, 0.15) is 5.56 Å². The van der Waals surface area contributed by atoms with Crippen LogP contribution in [0.1, 0.15) is 59.3 Å². The summed E-state index contributed by atoms with van der Waals surface area (Å²) in [5, 5.41) is 4.29. The van der Waals surface area contributed by atoms with E-state index in [0.29, 0.717) is 39.0 Å². The predicted molar refractivity (Wildman–Crippen MR) is 115 cm³/mol. The molecule has 1 fully saturated rings. The Bertz CT molecular complexity index is 1050. The lowest BCUT2D eigenvalue weighted by Crippen LogP contribution is -2.44. The van der Waals surface area contributed by atoms with Gasteiger partial charge in [0.05, 0.1) is 0 Å². The van der Waals surface area contributed by atoms with E-state index >= 15 is 0 Å². The third-order valence-electron chi connectivity index (χ3n) is 7.00. The van der Waals surface area contributed by atoms with Gasteiger partial charge in [-0.15, -0.1) is 0 Å². The molecule has 1 atom stereocenters. The van der Waals surface area contributed by atoms with E-state index in [4.69, 9.17) is 0 Å². The van der Waals surface area contributed by atoms with Crippen molar-refractivity contribution in [2.24, 2.45) is 5.92 Å². The van der Waals surface area contributed by atoms with Gasteiger partial charge in [-0.1, -0.05) is 12.8 Å². The first-order chi connectivity index (χ1) is 15.1. The minimum Gasteiger partial charge on any atom is -0.338 e. The van der Waals surface area contributed by atoms with Crippen LogP contribution in [0.15, 0.2) is 23.3 Å². The quantitative estimate of drug-likeness (QED) is 0.797. The Morgan fingerprint density at radius 2 is 1.84 bits per heavy atom. The molecule has 0 radical (unpaired) electrons. The second kappa shape index (κ2) is 8.32. The maximum absolute atomic E-state index is 13.2. The van der Waals surface area contributed by atoms with Crippen LogP contribution >= 0.6 is 0 Å². The molecule has 0 saturated carbocycles. The number of hydrogen-bond donors (Lipinski definition) is 1. The Balaban J connectivity index is 1.35. The average Bonchev–Trinajstić information content (AvgIpc) is 3.09. The first kappa shape index (κ1) is 20.0. The molecular formula is C23H29N5O3. The fraction of sp³-hybridized carbons (Fsp3) is 0.565. The second-order valence-corrected chi connectivity index (χ2v) is 8.95. The minimum atomic E-state index is -0.312. The molecule has 31 heavy (non-hydrogen) atoms. The molecule has 1 unspecified atom stereocenters. The summed E-state index contributed by atoms with van der Waals surface area (Å²) < 4.78 is 1.97. The molecule has 8 heteroatoms. The van der Waals surface area contributed by atoms with Crippen molar-refractivity contribution < 1.29 is 9.59 Å². The van der Waals surface area contributed by atoms with E-state index in [1.807, 2.05) is 20.5 Å². The average molecular weight is 424 g/mol. The molecule has 0 aromatic carbocycles. The molecular weight excluding hydrogens is 394 g/mol. The van der Waals surface area contributed by atoms with Crippen LogP contribution in [0.5, 0.6) is 0 Å². The van der Waals surface area contributed by atoms with Gasteiger partial charge >= 0.3 is 0 Å². The fourth-order valence-electron chi connectivity index (χ4n) is 5.25. The number of nitrogens with zero attached hydrogens (tertiary/aromatic N) is 4. The molecule has 5 heterocycles. The highest BCUT2D eigenvalue weighted by molar-refractivity contribution is 5.96. The highest BCUT2D eigenvalue weighted by Crippen LogP contribution is 2.26. The van der Waals surface area contributed by atoms with Gasteiger partial charge in [0.15, 0.2) is 0 Å². The first-order valence-corrected chi connectivity index (χ1v) is 11.4. The lowest BCUT2D eigenvalue weighted by molar-refractivity contribution is -0.137. The number of nitrogens with one attached hydrogen (secondary N) is 1. The zero-order valence-corrected chi connectivity index (χ0v) is 17.8. The SMILES string of the molecule is O=C(c1c2c(c[nH]c1=O)CN(C(=O)C1CCn3nccc3C1)CC2)N1CCCCCC1. The Labute approximate surface area is 181 Å². The standard InChI is InChI=1S/C23H29N5O3/c29-21-20(23(31)26-9-3-1-2-4-10-26)19-7-11-27(15-17(19)14-24-21)22(30)16-6-12-28-18(13-16)5-8-25-28/h5,8,14,16H,1-4,6-7,9-13,15H2,(H,24,29). The smallest absolute Gasteiger partial charge is 0.261 e. The van der Waals surface area contributed by atoms with Crippen LogP contribution in [0.2, 0.25) is 0 Å². The topological polar surface area (TPSA) is 91.3 Å². The summed E-state index contributed by atoms with van der Waals surface area (Å²) in [6.45, 7) is 3.19. The maximum Gasteiger partial charge on any atom is 0.261 e.